The summed E-state index contributed by atoms with van der Waals surface area (Å²) >= 11 is 0. The van der Waals surface area contributed by atoms with Crippen molar-refractivity contribution in [1.29, 1.82) is 0 Å². The number of carbonyl (C=O) groups is 1. The smallest absolute Gasteiger partial charge is 0.269 e. The molecule has 1 aromatic carbocycles. The third-order valence-corrected chi connectivity index (χ3v) is 5.11. The van der Waals surface area contributed by atoms with Crippen LogP contribution in [-0.2, 0) is 4.79 Å². The van der Waals surface area contributed by atoms with Gasteiger partial charge < -0.3 is 0 Å². The van der Waals surface area contributed by atoms with E-state index in [4.69, 9.17) is 0 Å². The molecule has 8 nitrogen and oxygen atoms in total. The van der Waals surface area contributed by atoms with E-state index in [-0.39, 0.29) is 22.4 Å². The van der Waals surface area contributed by atoms with Crippen LogP contribution in [0.4, 0.5) is 5.69 Å². The Morgan fingerprint density at radius 2 is 1.63 bits per heavy atom. The summed E-state index contributed by atoms with van der Waals surface area (Å²) < 4.78 is 2.58. The Kier molecular flexibility index (Phi) is 3.56. The molecule has 1 atom stereocenters. The molecule has 0 N–H and O–H groups in total. The fourth-order valence-corrected chi connectivity index (χ4v) is 4.01. The zero-order valence-corrected chi connectivity index (χ0v) is 14.8. The molecule has 1 aromatic heterocycles. The molecule has 1 unspecified atom stereocenters. The van der Waals surface area contributed by atoms with Gasteiger partial charge >= 0.3 is 0 Å². The predicted molar refractivity (Wildman–Crippen MR) is 97.4 cm³/mol. The van der Waals surface area contributed by atoms with Crippen molar-refractivity contribution in [2.75, 3.05) is 0 Å². The van der Waals surface area contributed by atoms with E-state index in [1.165, 1.54) is 45.8 Å². The van der Waals surface area contributed by atoms with Crippen LogP contribution in [0.1, 0.15) is 38.3 Å². The van der Waals surface area contributed by atoms with Gasteiger partial charge in [-0.05, 0) is 29.5 Å². The second-order valence-electron chi connectivity index (χ2n) is 7.72. The van der Waals surface area contributed by atoms with Crippen molar-refractivity contribution >= 4 is 17.2 Å². The van der Waals surface area contributed by atoms with Gasteiger partial charge in [0.25, 0.3) is 16.8 Å². The lowest BCUT2D eigenvalue weighted by molar-refractivity contribution is -0.384. The van der Waals surface area contributed by atoms with Crippen LogP contribution in [0, 0.1) is 15.5 Å². The number of fused-ring (bicyclic) bond motifs is 2. The molecule has 0 amide bonds. The molecule has 2 aromatic rings. The van der Waals surface area contributed by atoms with E-state index in [1.807, 2.05) is 13.8 Å². The molecular weight excluding hydrogens is 350 g/mol. The predicted octanol–water partition coefficient (Wildman–Crippen LogP) is 2.12. The van der Waals surface area contributed by atoms with Gasteiger partial charge in [-0.2, -0.15) is 0 Å². The first kappa shape index (κ1) is 17.1. The molecule has 0 spiro atoms. The third kappa shape index (κ3) is 2.56. The zero-order chi connectivity index (χ0) is 19.5. The summed E-state index contributed by atoms with van der Waals surface area (Å²) in [6.45, 7) is 3.90. The highest BCUT2D eigenvalue weighted by molar-refractivity contribution is 6.04. The normalized spacial score (nSPS) is 20.4. The van der Waals surface area contributed by atoms with Crippen molar-refractivity contribution in [3.05, 3.63) is 78.4 Å². The Balaban J connectivity index is 1.99. The molecule has 0 saturated heterocycles. The number of allylic oxidation sites excluding steroid dienone is 2. The topological polar surface area (TPSA) is 104 Å². The minimum absolute atomic E-state index is 0.0835. The summed E-state index contributed by atoms with van der Waals surface area (Å²) in [4.78, 5) is 48.5. The number of ketones is 1. The zero-order valence-electron chi connectivity index (χ0n) is 14.8. The molecule has 1 aliphatic carbocycles. The number of nitro benzene ring substituents is 1. The van der Waals surface area contributed by atoms with Crippen molar-refractivity contribution < 1.29 is 9.72 Å². The first-order valence-electron chi connectivity index (χ1n) is 8.55. The lowest BCUT2D eigenvalue weighted by Gasteiger charge is -2.30. The molecule has 1 aliphatic heterocycles. The molecule has 2 heterocycles. The second-order valence-corrected chi connectivity index (χ2v) is 7.72. The number of aromatic nitrogens is 2. The first-order chi connectivity index (χ1) is 12.7. The van der Waals surface area contributed by atoms with Gasteiger partial charge in [-0.15, -0.1) is 0 Å². The van der Waals surface area contributed by atoms with E-state index in [9.17, 15) is 24.5 Å². The van der Waals surface area contributed by atoms with Crippen LogP contribution in [0.5, 0.6) is 0 Å². The maximum absolute atomic E-state index is 12.9. The van der Waals surface area contributed by atoms with E-state index in [0.717, 1.165) is 0 Å². The van der Waals surface area contributed by atoms with Crippen LogP contribution in [0.25, 0.3) is 5.70 Å². The SMILES string of the molecule is CC1(C)CC(=O)C2=C(C1)n1c(=O)ccc(=O)n1C2c1ccc([N+](=O)[O-])cc1. The largest absolute Gasteiger partial charge is 0.294 e. The maximum Gasteiger partial charge on any atom is 0.269 e. The molecule has 0 radical (unpaired) electrons. The highest BCUT2D eigenvalue weighted by atomic mass is 16.6. The highest BCUT2D eigenvalue weighted by Crippen LogP contribution is 2.46. The molecule has 27 heavy (non-hydrogen) atoms. The molecular formula is C19H17N3O5. The van der Waals surface area contributed by atoms with E-state index in [2.05, 4.69) is 0 Å². The number of rotatable bonds is 2. The van der Waals surface area contributed by atoms with Gasteiger partial charge in [-0.1, -0.05) is 13.8 Å². The van der Waals surface area contributed by atoms with Gasteiger partial charge in [0.1, 0.15) is 6.04 Å². The van der Waals surface area contributed by atoms with Gasteiger partial charge in [0, 0.05) is 36.3 Å². The van der Waals surface area contributed by atoms with Crippen LogP contribution in [0.2, 0.25) is 0 Å². The van der Waals surface area contributed by atoms with Gasteiger partial charge in [-0.25, -0.2) is 9.36 Å². The van der Waals surface area contributed by atoms with Crippen LogP contribution >= 0.6 is 0 Å². The summed E-state index contributed by atoms with van der Waals surface area (Å²) in [5.41, 5.74) is 0.335. The molecule has 0 bridgehead atoms. The van der Waals surface area contributed by atoms with Crippen LogP contribution in [-0.4, -0.2) is 20.1 Å². The van der Waals surface area contributed by atoms with E-state index >= 15 is 0 Å². The molecule has 4 rings (SSSR count). The monoisotopic (exact) mass is 367 g/mol. The van der Waals surface area contributed by atoms with Crippen molar-refractivity contribution in [3.8, 4) is 0 Å². The van der Waals surface area contributed by atoms with Gasteiger partial charge in [-0.3, -0.25) is 24.5 Å². The maximum atomic E-state index is 12.9. The molecule has 8 heteroatoms. The average molecular weight is 367 g/mol. The Hall–Kier alpha value is -3.29. The Bertz CT molecular complexity index is 1140. The number of nitrogens with zero attached hydrogens (tertiary/aromatic N) is 3. The van der Waals surface area contributed by atoms with Gasteiger partial charge in [0.05, 0.1) is 10.6 Å². The fraction of sp³-hybridized carbons (Fsp3) is 0.316. The third-order valence-electron chi connectivity index (χ3n) is 5.11. The summed E-state index contributed by atoms with van der Waals surface area (Å²) in [5, 5.41) is 10.9. The lowest BCUT2D eigenvalue weighted by atomic mass is 9.74. The van der Waals surface area contributed by atoms with Gasteiger partial charge in [0.2, 0.25) is 0 Å². The van der Waals surface area contributed by atoms with Crippen molar-refractivity contribution in [1.82, 2.24) is 9.36 Å². The van der Waals surface area contributed by atoms with E-state index < -0.39 is 16.5 Å². The molecule has 0 fully saturated rings. The quantitative estimate of drug-likeness (QED) is 0.597. The Morgan fingerprint density at radius 3 is 2.26 bits per heavy atom. The first-order valence-corrected chi connectivity index (χ1v) is 8.55. The summed E-state index contributed by atoms with van der Waals surface area (Å²) in [5.74, 6) is -0.111. The number of hydrogen-bond acceptors (Lipinski definition) is 5. The summed E-state index contributed by atoms with van der Waals surface area (Å²) in [6.07, 6.45) is 0.799. The highest BCUT2D eigenvalue weighted by Gasteiger charge is 2.44. The van der Waals surface area contributed by atoms with Crippen molar-refractivity contribution in [3.63, 3.8) is 0 Å². The molecule has 2 aliphatic rings. The number of hydrogen-bond donors (Lipinski definition) is 0. The van der Waals surface area contributed by atoms with Crippen LogP contribution in [0.3, 0.4) is 0 Å². The Morgan fingerprint density at radius 1 is 1.00 bits per heavy atom. The number of nitro groups is 1. The molecule has 138 valence electrons. The fourth-order valence-electron chi connectivity index (χ4n) is 4.01. The minimum Gasteiger partial charge on any atom is -0.294 e. The molecule has 0 saturated carbocycles. The van der Waals surface area contributed by atoms with E-state index in [1.54, 1.807) is 0 Å². The second kappa shape index (κ2) is 5.60. The van der Waals surface area contributed by atoms with E-state index in [0.29, 0.717) is 29.7 Å². The summed E-state index contributed by atoms with van der Waals surface area (Å²) in [6, 6.07) is 7.35. The summed E-state index contributed by atoms with van der Waals surface area (Å²) in [7, 11) is 0. The Labute approximate surface area is 153 Å². The van der Waals surface area contributed by atoms with Crippen LogP contribution < -0.4 is 11.1 Å². The number of benzene rings is 1. The minimum atomic E-state index is -0.759. The lowest BCUT2D eigenvalue weighted by Crippen LogP contribution is -2.36. The van der Waals surface area contributed by atoms with Crippen LogP contribution in [0.15, 0.2) is 51.6 Å². The van der Waals surface area contributed by atoms with Crippen molar-refractivity contribution in [2.45, 2.75) is 32.7 Å². The number of non-ortho nitro benzene ring substituents is 1. The number of Topliss-reactive ketones (excluding diaryl/α,β-unsaturated/α-hetero) is 1. The standard InChI is InChI=1S/C19H17N3O5/c1-19(2)9-13-17(14(23)10-19)18(11-3-5-12(6-4-11)22(26)27)21-16(25)8-7-15(24)20(13)21/h3-8,18H,9-10H2,1-2H3. The van der Waals surface area contributed by atoms with Gasteiger partial charge in [0.15, 0.2) is 5.78 Å². The number of carbonyl (C=O) groups excluding carboxylic acids is 1. The van der Waals surface area contributed by atoms with Crippen molar-refractivity contribution in [2.24, 2.45) is 5.41 Å². The average Bonchev–Trinajstić information content (AvgIpc) is 2.93.